The van der Waals surface area contributed by atoms with Crippen LogP contribution in [0.5, 0.6) is 0 Å². The number of carboxylic acids is 1. The second-order valence-electron chi connectivity index (χ2n) is 9.04. The minimum atomic E-state index is -1.16. The number of benzene rings is 1. The number of anilines is 2. The highest BCUT2D eigenvalue weighted by Gasteiger charge is 2.38. The maximum Gasteiger partial charge on any atom is 0.356 e. The SMILES string of the molecule is Cc1cc([C@@H](C)Nc2ccc(Cl)nc2C(=O)O)c2nc(N3CC4CC(C4)C3)c(C#N)nc2c1. The molecule has 9 heteroatoms. The molecule has 3 aromatic rings. The van der Waals surface area contributed by atoms with Crippen LogP contribution in [0.4, 0.5) is 11.5 Å². The summed E-state index contributed by atoms with van der Waals surface area (Å²) in [4.78, 5) is 27.4. The molecule has 0 unspecified atom stereocenters. The Morgan fingerprint density at radius 1 is 1.24 bits per heavy atom. The maximum absolute atomic E-state index is 11.7. The molecule has 168 valence electrons. The Morgan fingerprint density at radius 3 is 2.64 bits per heavy atom. The third-order valence-electron chi connectivity index (χ3n) is 6.52. The van der Waals surface area contributed by atoms with E-state index in [4.69, 9.17) is 16.6 Å². The van der Waals surface area contributed by atoms with Gasteiger partial charge >= 0.3 is 5.97 Å². The first-order valence-electron chi connectivity index (χ1n) is 11.0. The molecule has 2 bridgehead atoms. The zero-order valence-corrected chi connectivity index (χ0v) is 19.1. The van der Waals surface area contributed by atoms with E-state index < -0.39 is 5.97 Å². The highest BCUT2D eigenvalue weighted by Crippen LogP contribution is 2.41. The number of aromatic carboxylic acids is 1. The Bertz CT molecular complexity index is 1300. The molecule has 2 saturated heterocycles. The number of rotatable bonds is 5. The summed E-state index contributed by atoms with van der Waals surface area (Å²) in [6, 6.07) is 9.03. The number of aromatic nitrogens is 3. The van der Waals surface area contributed by atoms with Gasteiger partial charge in [0.05, 0.1) is 22.8 Å². The van der Waals surface area contributed by atoms with Gasteiger partial charge in [0.25, 0.3) is 0 Å². The van der Waals surface area contributed by atoms with E-state index >= 15 is 0 Å². The van der Waals surface area contributed by atoms with Gasteiger partial charge in [-0.3, -0.25) is 0 Å². The second kappa shape index (κ2) is 8.16. The summed E-state index contributed by atoms with van der Waals surface area (Å²) in [6.45, 7) is 5.70. The van der Waals surface area contributed by atoms with E-state index in [9.17, 15) is 15.2 Å². The largest absolute Gasteiger partial charge is 0.476 e. The van der Waals surface area contributed by atoms with Crippen molar-refractivity contribution in [1.82, 2.24) is 15.0 Å². The van der Waals surface area contributed by atoms with Gasteiger partial charge in [-0.05, 0) is 62.3 Å². The van der Waals surface area contributed by atoms with Crippen LogP contribution in [0.25, 0.3) is 11.0 Å². The molecule has 3 fully saturated rings. The average molecular weight is 463 g/mol. The number of nitrogens with one attached hydrogen (secondary N) is 1. The lowest BCUT2D eigenvalue weighted by Gasteiger charge is -2.47. The predicted molar refractivity (Wildman–Crippen MR) is 126 cm³/mol. The predicted octanol–water partition coefficient (Wildman–Crippen LogP) is 4.58. The molecule has 1 aliphatic carbocycles. The normalized spacial score (nSPS) is 20.1. The van der Waals surface area contributed by atoms with Crippen molar-refractivity contribution in [2.24, 2.45) is 11.8 Å². The first-order chi connectivity index (χ1) is 15.8. The topological polar surface area (TPSA) is 115 Å². The molecule has 2 N–H and O–H groups in total. The number of fused-ring (bicyclic) bond motifs is 3. The molecule has 1 atom stereocenters. The first-order valence-corrected chi connectivity index (χ1v) is 11.3. The number of halogens is 1. The number of hydrogen-bond donors (Lipinski definition) is 2. The van der Waals surface area contributed by atoms with E-state index in [0.29, 0.717) is 40.1 Å². The fourth-order valence-corrected chi connectivity index (χ4v) is 5.17. The number of carboxylic acid groups (broad SMARTS) is 1. The molecule has 6 rings (SSSR count). The van der Waals surface area contributed by atoms with Crippen LogP contribution in [0, 0.1) is 30.1 Å². The van der Waals surface area contributed by atoms with Gasteiger partial charge in [-0.2, -0.15) is 5.26 Å². The van der Waals surface area contributed by atoms with Gasteiger partial charge in [0, 0.05) is 18.7 Å². The smallest absolute Gasteiger partial charge is 0.356 e. The minimum Gasteiger partial charge on any atom is -0.476 e. The molecule has 33 heavy (non-hydrogen) atoms. The van der Waals surface area contributed by atoms with Gasteiger partial charge in [0.2, 0.25) is 0 Å². The highest BCUT2D eigenvalue weighted by atomic mass is 35.5. The van der Waals surface area contributed by atoms with Crippen LogP contribution < -0.4 is 10.2 Å². The van der Waals surface area contributed by atoms with Crippen LogP contribution in [0.15, 0.2) is 24.3 Å². The molecule has 2 aromatic heterocycles. The Kier molecular flexibility index (Phi) is 5.29. The molecule has 2 aliphatic heterocycles. The third kappa shape index (κ3) is 3.93. The van der Waals surface area contributed by atoms with Crippen molar-refractivity contribution in [3.05, 3.63) is 51.9 Å². The Morgan fingerprint density at radius 2 is 1.97 bits per heavy atom. The summed E-state index contributed by atoms with van der Waals surface area (Å²) in [6.07, 6.45) is 2.51. The first kappa shape index (κ1) is 21.4. The molecule has 1 saturated carbocycles. The lowest BCUT2D eigenvalue weighted by atomic mass is 9.71. The van der Waals surface area contributed by atoms with Crippen molar-refractivity contribution < 1.29 is 9.90 Å². The van der Waals surface area contributed by atoms with Crippen LogP contribution in [-0.4, -0.2) is 39.1 Å². The Balaban J connectivity index is 1.57. The molecular formula is C24H23ClN6O2. The van der Waals surface area contributed by atoms with E-state index in [1.54, 1.807) is 12.1 Å². The van der Waals surface area contributed by atoms with Crippen LogP contribution in [0.2, 0.25) is 5.15 Å². The van der Waals surface area contributed by atoms with Crippen LogP contribution >= 0.6 is 11.6 Å². The quantitative estimate of drug-likeness (QED) is 0.529. The summed E-state index contributed by atoms with van der Waals surface area (Å²) in [5.41, 5.74) is 3.77. The third-order valence-corrected chi connectivity index (χ3v) is 6.73. The fourth-order valence-electron chi connectivity index (χ4n) is 5.02. The zero-order valence-electron chi connectivity index (χ0n) is 18.3. The van der Waals surface area contributed by atoms with Crippen molar-refractivity contribution in [1.29, 1.82) is 5.26 Å². The van der Waals surface area contributed by atoms with Crippen LogP contribution in [0.3, 0.4) is 0 Å². The second-order valence-corrected chi connectivity index (χ2v) is 9.43. The van der Waals surface area contributed by atoms with Crippen molar-refractivity contribution in [3.63, 3.8) is 0 Å². The summed E-state index contributed by atoms with van der Waals surface area (Å²) in [5.74, 6) is 0.803. The lowest BCUT2D eigenvalue weighted by molar-refractivity contribution is 0.0691. The Labute approximate surface area is 196 Å². The van der Waals surface area contributed by atoms with Gasteiger partial charge in [0.15, 0.2) is 17.2 Å². The molecule has 3 aliphatic rings. The van der Waals surface area contributed by atoms with E-state index in [1.807, 2.05) is 26.0 Å². The Hall–Kier alpha value is -3.44. The van der Waals surface area contributed by atoms with Gasteiger partial charge in [-0.25, -0.2) is 19.7 Å². The maximum atomic E-state index is 11.7. The highest BCUT2D eigenvalue weighted by molar-refractivity contribution is 6.29. The number of nitrogens with zero attached hydrogens (tertiary/aromatic N) is 5. The van der Waals surface area contributed by atoms with Gasteiger partial charge < -0.3 is 15.3 Å². The average Bonchev–Trinajstić information content (AvgIpc) is 2.78. The van der Waals surface area contributed by atoms with Gasteiger partial charge in [0.1, 0.15) is 11.2 Å². The molecule has 1 aromatic carbocycles. The fraction of sp³-hybridized carbons (Fsp3) is 0.375. The van der Waals surface area contributed by atoms with E-state index in [2.05, 4.69) is 26.3 Å². The van der Waals surface area contributed by atoms with Gasteiger partial charge in [-0.1, -0.05) is 17.7 Å². The van der Waals surface area contributed by atoms with E-state index in [0.717, 1.165) is 24.2 Å². The number of aryl methyl sites for hydroxylation is 1. The number of pyridine rings is 1. The number of hydrogen-bond acceptors (Lipinski definition) is 7. The molecule has 0 amide bonds. The van der Waals surface area contributed by atoms with Gasteiger partial charge in [-0.15, -0.1) is 0 Å². The van der Waals surface area contributed by atoms with E-state index in [1.165, 1.54) is 12.8 Å². The molecule has 8 nitrogen and oxygen atoms in total. The summed E-state index contributed by atoms with van der Waals surface area (Å²) >= 11 is 5.89. The van der Waals surface area contributed by atoms with Crippen molar-refractivity contribution in [3.8, 4) is 6.07 Å². The molecule has 4 heterocycles. The zero-order chi connectivity index (χ0) is 23.3. The molecule has 0 spiro atoms. The van der Waals surface area contributed by atoms with Crippen molar-refractivity contribution in [2.75, 3.05) is 23.3 Å². The van der Waals surface area contributed by atoms with E-state index in [-0.39, 0.29) is 16.9 Å². The van der Waals surface area contributed by atoms with Crippen LogP contribution in [0.1, 0.15) is 53.1 Å². The van der Waals surface area contributed by atoms with Crippen molar-refractivity contribution >= 4 is 40.1 Å². The number of piperidine rings is 2. The monoisotopic (exact) mass is 462 g/mol. The summed E-state index contributed by atoms with van der Waals surface area (Å²) in [7, 11) is 0. The minimum absolute atomic E-state index is 0.116. The number of carbonyl (C=O) groups is 1. The number of nitriles is 1. The lowest BCUT2D eigenvalue weighted by Crippen LogP contribution is -2.49. The van der Waals surface area contributed by atoms with Crippen molar-refractivity contribution in [2.45, 2.75) is 32.7 Å². The molecule has 0 radical (unpaired) electrons. The van der Waals surface area contributed by atoms with Crippen LogP contribution in [-0.2, 0) is 0 Å². The summed E-state index contributed by atoms with van der Waals surface area (Å²) < 4.78 is 0. The molecular weight excluding hydrogens is 440 g/mol. The summed E-state index contributed by atoms with van der Waals surface area (Å²) in [5, 5.41) is 22.7. The standard InChI is InChI=1S/C24H23ClN6O2/c1-12-5-16(13(2)27-17-3-4-20(25)29-22(17)24(32)33)21-18(6-12)28-19(9-26)23(30-21)31-10-14-7-15(8-14)11-31/h3-6,13-15,27H,7-8,10-11H2,1-2H3,(H,32,33)/t13-,14?,15?/m1/s1.